The number of hydroxylamine groups is 1. The Morgan fingerprint density at radius 2 is 1.46 bits per heavy atom. The third-order valence-electron chi connectivity index (χ3n) is 1.29. The van der Waals surface area contributed by atoms with Gasteiger partial charge in [0.15, 0.2) is 5.40 Å². The van der Waals surface area contributed by atoms with E-state index in [2.05, 4.69) is 0 Å². The van der Waals surface area contributed by atoms with Gasteiger partial charge in [-0.1, -0.05) is 0 Å². The van der Waals surface area contributed by atoms with E-state index in [1.54, 1.807) is 5.48 Å². The summed E-state index contributed by atoms with van der Waals surface area (Å²) in [5.74, 6) is 0. The first-order chi connectivity index (χ1) is 5.69. The van der Waals surface area contributed by atoms with Gasteiger partial charge in [0.1, 0.15) is 0 Å². The number of rotatable bonds is 5. The van der Waals surface area contributed by atoms with Crippen LogP contribution in [0.3, 0.4) is 0 Å². The van der Waals surface area contributed by atoms with Crippen molar-refractivity contribution in [2.75, 3.05) is 6.54 Å². The maximum Gasteiger partial charge on any atom is 0.340 e. The average Bonchev–Trinajstić information content (AvgIpc) is 1.81. The minimum Gasteiger partial charge on any atom is -0.324 e. The Morgan fingerprint density at radius 1 is 1.08 bits per heavy atom. The molecule has 0 atom stereocenters. The van der Waals surface area contributed by atoms with E-state index in [0.717, 1.165) is 0 Å². The zero-order valence-electron chi connectivity index (χ0n) is 6.44. The third-order valence-corrected chi connectivity index (χ3v) is 5.17. The second-order valence-electron chi connectivity index (χ2n) is 2.36. The quantitative estimate of drug-likeness (QED) is 0.263. The van der Waals surface area contributed by atoms with E-state index in [1.807, 2.05) is 0 Å². The fourth-order valence-corrected chi connectivity index (χ4v) is 3.22. The molecule has 0 aliphatic carbocycles. The van der Waals surface area contributed by atoms with Crippen molar-refractivity contribution in [3.05, 3.63) is 0 Å². The summed E-state index contributed by atoms with van der Waals surface area (Å²) >= 11 is 0. The van der Waals surface area contributed by atoms with Gasteiger partial charge in [-0.25, -0.2) is 5.48 Å². The predicted molar refractivity (Wildman–Crippen MR) is 42.3 cm³/mol. The monoisotopic (exact) mass is 235 g/mol. The summed E-state index contributed by atoms with van der Waals surface area (Å²) < 4.78 is 21.2. The Morgan fingerprint density at radius 3 is 1.69 bits per heavy atom. The lowest BCUT2D eigenvalue weighted by Gasteiger charge is -2.18. The van der Waals surface area contributed by atoms with Gasteiger partial charge in [0, 0.05) is 6.54 Å². The second kappa shape index (κ2) is 4.63. The molecular weight excluding hydrogens is 224 g/mol. The van der Waals surface area contributed by atoms with Gasteiger partial charge in [-0.15, -0.1) is 0 Å². The molecule has 80 valence electrons. The maximum absolute atomic E-state index is 10.6. The Balaban J connectivity index is 4.59. The van der Waals surface area contributed by atoms with Crippen LogP contribution < -0.4 is 5.48 Å². The van der Waals surface area contributed by atoms with Crippen molar-refractivity contribution in [3.63, 3.8) is 0 Å². The summed E-state index contributed by atoms with van der Waals surface area (Å²) in [6.45, 7) is -0.305. The van der Waals surface area contributed by atoms with Crippen molar-refractivity contribution in [2.24, 2.45) is 0 Å². The minimum atomic E-state index is -4.84. The van der Waals surface area contributed by atoms with Crippen molar-refractivity contribution in [2.45, 2.75) is 11.8 Å². The zero-order chi connectivity index (χ0) is 10.7. The molecule has 13 heavy (non-hydrogen) atoms. The van der Waals surface area contributed by atoms with Gasteiger partial charge in [0.05, 0.1) is 0 Å². The summed E-state index contributed by atoms with van der Waals surface area (Å²) in [5.41, 5.74) is 1.56. The summed E-state index contributed by atoms with van der Waals surface area (Å²) in [6.07, 6.45) is -0.509. The molecule has 0 bridgehead atoms. The van der Waals surface area contributed by atoms with Crippen LogP contribution in [0.25, 0.3) is 0 Å². The molecule has 0 aromatic rings. The lowest BCUT2D eigenvalue weighted by molar-refractivity contribution is 0.165. The van der Waals surface area contributed by atoms with E-state index < -0.39 is 27.0 Å². The first kappa shape index (κ1) is 13.2. The molecule has 0 aliphatic heterocycles. The average molecular weight is 235 g/mol. The highest BCUT2D eigenvalue weighted by Gasteiger charge is 2.42. The molecule has 0 saturated carbocycles. The largest absolute Gasteiger partial charge is 0.340 e. The number of hydrogen-bond donors (Lipinski definition) is 6. The van der Waals surface area contributed by atoms with Crippen molar-refractivity contribution in [1.29, 1.82) is 0 Å². The molecule has 0 radical (unpaired) electrons. The molecule has 0 spiro atoms. The molecule has 0 aliphatic rings. The topological polar surface area (TPSA) is 147 Å². The molecule has 0 rings (SSSR count). The fourth-order valence-electron chi connectivity index (χ4n) is 0.726. The molecule has 0 unspecified atom stereocenters. The fraction of sp³-hybridized carbons (Fsp3) is 1.00. The summed E-state index contributed by atoms with van der Waals surface area (Å²) in [7, 11) is -9.68. The molecule has 0 saturated heterocycles. The van der Waals surface area contributed by atoms with Crippen LogP contribution in [0.15, 0.2) is 0 Å². The van der Waals surface area contributed by atoms with Gasteiger partial charge in [-0.2, -0.15) is 0 Å². The minimum absolute atomic E-state index is 0.305. The van der Waals surface area contributed by atoms with E-state index in [4.69, 9.17) is 24.8 Å². The summed E-state index contributed by atoms with van der Waals surface area (Å²) in [5, 5.41) is 6.03. The van der Waals surface area contributed by atoms with Crippen molar-refractivity contribution in [3.8, 4) is 0 Å². The highest BCUT2D eigenvalue weighted by Crippen LogP contribution is 2.61. The lowest BCUT2D eigenvalue weighted by atomic mass is 10.5. The molecule has 0 fully saturated rings. The van der Waals surface area contributed by atoms with E-state index >= 15 is 0 Å². The summed E-state index contributed by atoms with van der Waals surface area (Å²) in [4.78, 5) is 34.2. The molecule has 0 aromatic heterocycles. The zero-order valence-corrected chi connectivity index (χ0v) is 8.23. The SMILES string of the molecule is O=P(O)(O)C(CCNO)P(=O)(O)O. The first-order valence-electron chi connectivity index (χ1n) is 3.17. The second-order valence-corrected chi connectivity index (χ2v) is 6.37. The molecule has 6 N–H and O–H groups in total. The van der Waals surface area contributed by atoms with Crippen LogP contribution in [0.5, 0.6) is 0 Å². The van der Waals surface area contributed by atoms with Gasteiger partial charge in [0.2, 0.25) is 0 Å². The normalized spacial score (nSPS) is 13.7. The molecule has 10 heteroatoms. The van der Waals surface area contributed by atoms with Crippen molar-refractivity contribution in [1.82, 2.24) is 5.48 Å². The van der Waals surface area contributed by atoms with Gasteiger partial charge in [-0.3, -0.25) is 9.13 Å². The molecule has 0 heterocycles. The third kappa shape index (κ3) is 4.85. The molecular formula is C3H11NO7P2. The standard InChI is InChI=1S/C3H11NO7P2/c5-4-2-1-3(12(6,7)8)13(9,10)11/h3-5H,1-2H2,(H2,6,7,8)(H2,9,10,11). The highest BCUT2D eigenvalue weighted by atomic mass is 31.2. The predicted octanol–water partition coefficient (Wildman–Crippen LogP) is -0.963. The van der Waals surface area contributed by atoms with Gasteiger partial charge < -0.3 is 24.8 Å². The van der Waals surface area contributed by atoms with E-state index in [1.165, 1.54) is 0 Å². The molecule has 0 aromatic carbocycles. The Labute approximate surface area is 73.9 Å². The number of nitrogens with one attached hydrogen (secondary N) is 1. The van der Waals surface area contributed by atoms with E-state index in [-0.39, 0.29) is 6.54 Å². The van der Waals surface area contributed by atoms with Crippen LogP contribution in [0.1, 0.15) is 6.42 Å². The molecule has 8 nitrogen and oxygen atoms in total. The van der Waals surface area contributed by atoms with Crippen LogP contribution in [0.2, 0.25) is 0 Å². The Kier molecular flexibility index (Phi) is 4.71. The van der Waals surface area contributed by atoms with Crippen LogP contribution in [-0.2, 0) is 9.13 Å². The first-order valence-corrected chi connectivity index (χ1v) is 6.53. The smallest absolute Gasteiger partial charge is 0.324 e. The highest BCUT2D eigenvalue weighted by molar-refractivity contribution is 7.70. The van der Waals surface area contributed by atoms with Crippen LogP contribution in [0, 0.1) is 0 Å². The van der Waals surface area contributed by atoms with E-state index in [9.17, 15) is 9.13 Å². The van der Waals surface area contributed by atoms with Crippen LogP contribution in [-0.4, -0.2) is 36.7 Å². The van der Waals surface area contributed by atoms with E-state index in [0.29, 0.717) is 0 Å². The summed E-state index contributed by atoms with van der Waals surface area (Å²) in [6, 6.07) is 0. The lowest BCUT2D eigenvalue weighted by Crippen LogP contribution is -2.18. The Bertz CT molecular complexity index is 220. The Hall–Kier alpha value is 0.220. The van der Waals surface area contributed by atoms with Gasteiger partial charge in [0.25, 0.3) is 0 Å². The number of hydrogen-bond acceptors (Lipinski definition) is 4. The van der Waals surface area contributed by atoms with Crippen molar-refractivity contribution < 1.29 is 33.9 Å². The van der Waals surface area contributed by atoms with Gasteiger partial charge in [-0.05, 0) is 6.42 Å². The van der Waals surface area contributed by atoms with Crippen molar-refractivity contribution >= 4 is 15.2 Å². The maximum atomic E-state index is 10.6. The van der Waals surface area contributed by atoms with Gasteiger partial charge >= 0.3 is 15.2 Å². The molecule has 0 amide bonds. The van der Waals surface area contributed by atoms with Crippen LogP contribution >= 0.6 is 15.2 Å². The van der Waals surface area contributed by atoms with Crippen LogP contribution in [0.4, 0.5) is 0 Å².